The molecular weight excluding hydrogens is 260 g/mol. The molecule has 0 fully saturated rings. The van der Waals surface area contributed by atoms with E-state index in [1.165, 1.54) is 7.11 Å². The number of methoxy groups -OCH3 is 1. The Bertz CT molecular complexity index is 432. The normalized spacial score (nSPS) is 13.5. The van der Waals surface area contributed by atoms with Crippen LogP contribution in [0.5, 0.6) is 0 Å². The van der Waals surface area contributed by atoms with Crippen molar-refractivity contribution in [1.29, 1.82) is 0 Å². The van der Waals surface area contributed by atoms with Gasteiger partial charge >= 0.3 is 5.97 Å². The maximum absolute atomic E-state index is 11.7. The highest BCUT2D eigenvalue weighted by Gasteiger charge is 2.21. The zero-order valence-electron chi connectivity index (χ0n) is 11.4. The average Bonchev–Trinajstić information content (AvgIpc) is 2.45. The smallest absolute Gasteiger partial charge is 0.312 e. The van der Waals surface area contributed by atoms with E-state index in [2.05, 4.69) is 5.32 Å². The summed E-state index contributed by atoms with van der Waals surface area (Å²) in [7, 11) is 1.48. The lowest BCUT2D eigenvalue weighted by molar-refractivity contribution is -0.138. The SMILES string of the molecule is COC(CN)CC(=O)NCC(C(=O)O)c1ccccc1. The third-order valence-electron chi connectivity index (χ3n) is 3.01. The monoisotopic (exact) mass is 280 g/mol. The number of carboxylic acids is 1. The van der Waals surface area contributed by atoms with Gasteiger partial charge in [0.2, 0.25) is 5.91 Å². The summed E-state index contributed by atoms with van der Waals surface area (Å²) in [5.74, 6) is -2.01. The Balaban J connectivity index is 2.56. The molecule has 0 spiro atoms. The van der Waals surface area contributed by atoms with Crippen molar-refractivity contribution < 1.29 is 19.4 Å². The number of nitrogens with two attached hydrogens (primary N) is 1. The van der Waals surface area contributed by atoms with Crippen molar-refractivity contribution >= 4 is 11.9 Å². The van der Waals surface area contributed by atoms with E-state index >= 15 is 0 Å². The van der Waals surface area contributed by atoms with Crippen molar-refractivity contribution in [1.82, 2.24) is 5.32 Å². The van der Waals surface area contributed by atoms with Crippen LogP contribution in [-0.2, 0) is 14.3 Å². The summed E-state index contributed by atoms with van der Waals surface area (Å²) in [5.41, 5.74) is 6.08. The Kier molecular flexibility index (Phi) is 6.69. The van der Waals surface area contributed by atoms with Crippen LogP contribution in [0.3, 0.4) is 0 Å². The maximum atomic E-state index is 11.7. The van der Waals surface area contributed by atoms with Crippen LogP contribution in [0.15, 0.2) is 30.3 Å². The number of carbonyl (C=O) groups is 2. The average molecular weight is 280 g/mol. The largest absolute Gasteiger partial charge is 0.481 e. The molecule has 2 atom stereocenters. The molecule has 1 amide bonds. The van der Waals surface area contributed by atoms with Gasteiger partial charge in [-0.1, -0.05) is 30.3 Å². The first-order valence-corrected chi connectivity index (χ1v) is 6.35. The fourth-order valence-corrected chi connectivity index (χ4v) is 1.79. The zero-order chi connectivity index (χ0) is 15.0. The zero-order valence-corrected chi connectivity index (χ0v) is 11.4. The molecule has 110 valence electrons. The first kappa shape index (κ1) is 16.1. The summed E-state index contributed by atoms with van der Waals surface area (Å²) >= 11 is 0. The number of benzene rings is 1. The molecule has 0 saturated heterocycles. The van der Waals surface area contributed by atoms with Crippen LogP contribution in [0.2, 0.25) is 0 Å². The third kappa shape index (κ3) is 4.99. The van der Waals surface area contributed by atoms with E-state index in [4.69, 9.17) is 10.5 Å². The second-order valence-electron chi connectivity index (χ2n) is 4.40. The van der Waals surface area contributed by atoms with Gasteiger partial charge in [-0.15, -0.1) is 0 Å². The van der Waals surface area contributed by atoms with Gasteiger partial charge in [0.15, 0.2) is 0 Å². The number of carboxylic acid groups (broad SMARTS) is 1. The van der Waals surface area contributed by atoms with Crippen LogP contribution in [0.25, 0.3) is 0 Å². The summed E-state index contributed by atoms with van der Waals surface area (Å²) in [5, 5.41) is 11.8. The molecule has 0 saturated carbocycles. The summed E-state index contributed by atoms with van der Waals surface area (Å²) in [6, 6.07) is 8.79. The molecule has 0 aliphatic rings. The van der Waals surface area contributed by atoms with Gasteiger partial charge in [-0.25, -0.2) is 0 Å². The van der Waals surface area contributed by atoms with E-state index in [1.54, 1.807) is 24.3 Å². The van der Waals surface area contributed by atoms with Gasteiger partial charge < -0.3 is 20.9 Å². The summed E-state index contributed by atoms with van der Waals surface area (Å²) in [6.07, 6.45) is -0.233. The molecule has 0 radical (unpaired) electrons. The lowest BCUT2D eigenvalue weighted by atomic mass is 9.99. The highest BCUT2D eigenvalue weighted by Crippen LogP contribution is 2.14. The Morgan fingerprint density at radius 2 is 2.00 bits per heavy atom. The van der Waals surface area contributed by atoms with Gasteiger partial charge in [0.05, 0.1) is 18.4 Å². The molecule has 20 heavy (non-hydrogen) atoms. The molecule has 0 aromatic heterocycles. The van der Waals surface area contributed by atoms with Crippen molar-refractivity contribution in [3.63, 3.8) is 0 Å². The number of amides is 1. The maximum Gasteiger partial charge on any atom is 0.312 e. The second kappa shape index (κ2) is 8.29. The summed E-state index contributed by atoms with van der Waals surface area (Å²) < 4.78 is 5.01. The molecule has 1 aromatic rings. The first-order valence-electron chi connectivity index (χ1n) is 6.35. The second-order valence-corrected chi connectivity index (χ2v) is 4.40. The number of rotatable bonds is 8. The molecule has 0 aliphatic carbocycles. The van der Waals surface area contributed by atoms with Gasteiger partial charge in [0, 0.05) is 20.2 Å². The number of carbonyl (C=O) groups excluding carboxylic acids is 1. The Labute approximate surface area is 117 Å². The van der Waals surface area contributed by atoms with Gasteiger partial charge in [-0.3, -0.25) is 9.59 Å². The Hall–Kier alpha value is -1.92. The fourth-order valence-electron chi connectivity index (χ4n) is 1.79. The molecule has 6 nitrogen and oxygen atoms in total. The first-order chi connectivity index (χ1) is 9.58. The molecule has 0 bridgehead atoms. The van der Waals surface area contributed by atoms with Crippen LogP contribution in [0, 0.1) is 0 Å². The highest BCUT2D eigenvalue weighted by molar-refractivity contribution is 5.80. The molecule has 4 N–H and O–H groups in total. The van der Waals surface area contributed by atoms with E-state index < -0.39 is 11.9 Å². The Morgan fingerprint density at radius 1 is 1.35 bits per heavy atom. The quantitative estimate of drug-likeness (QED) is 0.637. The minimum Gasteiger partial charge on any atom is -0.481 e. The number of nitrogens with one attached hydrogen (secondary N) is 1. The number of ether oxygens (including phenoxy) is 1. The predicted octanol–water partition coefficient (Wildman–Crippen LogP) is 0.335. The van der Waals surface area contributed by atoms with Gasteiger partial charge in [0.25, 0.3) is 0 Å². The van der Waals surface area contributed by atoms with E-state index in [1.807, 2.05) is 6.07 Å². The van der Waals surface area contributed by atoms with Crippen LogP contribution < -0.4 is 11.1 Å². The van der Waals surface area contributed by atoms with Crippen molar-refractivity contribution in [3.05, 3.63) is 35.9 Å². The van der Waals surface area contributed by atoms with Crippen molar-refractivity contribution in [2.24, 2.45) is 5.73 Å². The summed E-state index contributed by atoms with van der Waals surface area (Å²) in [6.45, 7) is 0.282. The molecule has 1 rings (SSSR count). The lowest BCUT2D eigenvalue weighted by Gasteiger charge is -2.16. The fraction of sp³-hybridized carbons (Fsp3) is 0.429. The molecule has 0 aliphatic heterocycles. The number of aliphatic carboxylic acids is 1. The van der Waals surface area contributed by atoms with Gasteiger partial charge in [0.1, 0.15) is 0 Å². The van der Waals surface area contributed by atoms with Crippen LogP contribution in [0.1, 0.15) is 17.9 Å². The Morgan fingerprint density at radius 3 is 2.50 bits per heavy atom. The molecule has 1 aromatic carbocycles. The lowest BCUT2D eigenvalue weighted by Crippen LogP contribution is -2.35. The number of hydrogen-bond donors (Lipinski definition) is 3. The van der Waals surface area contributed by atoms with Gasteiger partial charge in [-0.05, 0) is 5.56 Å². The van der Waals surface area contributed by atoms with Crippen LogP contribution >= 0.6 is 0 Å². The number of hydrogen-bond acceptors (Lipinski definition) is 4. The van der Waals surface area contributed by atoms with Gasteiger partial charge in [-0.2, -0.15) is 0 Å². The van der Waals surface area contributed by atoms with Crippen molar-refractivity contribution in [2.45, 2.75) is 18.4 Å². The van der Waals surface area contributed by atoms with E-state index in [0.29, 0.717) is 5.56 Å². The topological polar surface area (TPSA) is 102 Å². The molecular formula is C14H20N2O4. The predicted molar refractivity (Wildman–Crippen MR) is 74.3 cm³/mol. The van der Waals surface area contributed by atoms with Crippen LogP contribution in [0.4, 0.5) is 0 Å². The van der Waals surface area contributed by atoms with Crippen molar-refractivity contribution in [2.75, 3.05) is 20.2 Å². The van der Waals surface area contributed by atoms with Crippen LogP contribution in [-0.4, -0.2) is 43.3 Å². The molecule has 0 heterocycles. The van der Waals surface area contributed by atoms with E-state index in [-0.39, 0.29) is 31.5 Å². The minimum absolute atomic E-state index is 0.0409. The van der Waals surface area contributed by atoms with E-state index in [9.17, 15) is 14.7 Å². The van der Waals surface area contributed by atoms with Crippen molar-refractivity contribution in [3.8, 4) is 0 Å². The molecule has 6 heteroatoms. The minimum atomic E-state index is -0.974. The molecule has 2 unspecified atom stereocenters. The third-order valence-corrected chi connectivity index (χ3v) is 3.01. The standard InChI is InChI=1S/C14H20N2O4/c1-20-11(8-15)7-13(17)16-9-12(14(18)19)10-5-3-2-4-6-10/h2-6,11-12H,7-9,15H2,1H3,(H,16,17)(H,18,19). The summed E-state index contributed by atoms with van der Waals surface area (Å²) in [4.78, 5) is 22.9. The van der Waals surface area contributed by atoms with E-state index in [0.717, 1.165) is 0 Å². The highest BCUT2D eigenvalue weighted by atomic mass is 16.5.